The van der Waals surface area contributed by atoms with Crippen molar-refractivity contribution in [3.05, 3.63) is 65.7 Å². The summed E-state index contributed by atoms with van der Waals surface area (Å²) in [5, 5.41) is 12.3. The number of carboxylic acids is 1. The molecule has 0 aliphatic heterocycles. The molecule has 2 aromatic rings. The van der Waals surface area contributed by atoms with Gasteiger partial charge in [-0.25, -0.2) is 4.79 Å². The third-order valence-corrected chi connectivity index (χ3v) is 2.74. The Labute approximate surface area is 106 Å². The van der Waals surface area contributed by atoms with Crippen molar-refractivity contribution in [1.82, 2.24) is 0 Å². The molecule has 2 rings (SSSR count). The molecule has 3 nitrogen and oxygen atoms in total. The fourth-order valence-corrected chi connectivity index (χ4v) is 1.75. The van der Waals surface area contributed by atoms with Crippen LogP contribution in [0.25, 0.3) is 0 Å². The summed E-state index contributed by atoms with van der Waals surface area (Å²) in [6.45, 7) is 1.98. The first-order valence-electron chi connectivity index (χ1n) is 5.78. The van der Waals surface area contributed by atoms with E-state index < -0.39 is 12.0 Å². The van der Waals surface area contributed by atoms with Gasteiger partial charge in [0.05, 0.1) is 0 Å². The van der Waals surface area contributed by atoms with Crippen molar-refractivity contribution in [2.75, 3.05) is 5.32 Å². The number of para-hydroxylation sites is 1. The molecule has 92 valence electrons. The van der Waals surface area contributed by atoms with Crippen LogP contribution in [0.1, 0.15) is 17.2 Å². The van der Waals surface area contributed by atoms with E-state index in [1.54, 1.807) is 0 Å². The average Bonchev–Trinajstić information content (AvgIpc) is 2.38. The summed E-state index contributed by atoms with van der Waals surface area (Å²) >= 11 is 0. The Bertz CT molecular complexity index is 520. The molecule has 0 spiro atoms. The molecule has 0 saturated carbocycles. The Morgan fingerprint density at radius 2 is 1.67 bits per heavy atom. The maximum absolute atomic E-state index is 11.3. The first-order valence-corrected chi connectivity index (χ1v) is 5.78. The molecule has 2 aromatic carbocycles. The van der Waals surface area contributed by atoms with Crippen LogP contribution in [0.4, 0.5) is 5.69 Å². The van der Waals surface area contributed by atoms with Crippen LogP contribution in [-0.4, -0.2) is 11.1 Å². The monoisotopic (exact) mass is 241 g/mol. The molecule has 0 fully saturated rings. The van der Waals surface area contributed by atoms with Crippen LogP contribution in [0.3, 0.4) is 0 Å². The maximum atomic E-state index is 11.3. The minimum Gasteiger partial charge on any atom is -0.479 e. The van der Waals surface area contributed by atoms with Crippen molar-refractivity contribution in [3.63, 3.8) is 0 Å². The number of nitrogens with one attached hydrogen (secondary N) is 1. The number of hydrogen-bond acceptors (Lipinski definition) is 2. The van der Waals surface area contributed by atoms with Gasteiger partial charge in [-0.2, -0.15) is 0 Å². The number of benzene rings is 2. The van der Waals surface area contributed by atoms with Crippen LogP contribution in [0, 0.1) is 6.92 Å². The normalized spacial score (nSPS) is 11.8. The fourth-order valence-electron chi connectivity index (χ4n) is 1.75. The summed E-state index contributed by atoms with van der Waals surface area (Å²) in [4.78, 5) is 11.3. The number of rotatable bonds is 4. The van der Waals surface area contributed by atoms with E-state index in [2.05, 4.69) is 5.32 Å². The van der Waals surface area contributed by atoms with Gasteiger partial charge in [0.25, 0.3) is 0 Å². The molecule has 0 unspecified atom stereocenters. The van der Waals surface area contributed by atoms with Gasteiger partial charge in [0.15, 0.2) is 6.04 Å². The molecule has 0 amide bonds. The van der Waals surface area contributed by atoms with Crippen LogP contribution in [0.2, 0.25) is 0 Å². The Hall–Kier alpha value is -2.29. The highest BCUT2D eigenvalue weighted by molar-refractivity contribution is 5.79. The Morgan fingerprint density at radius 3 is 2.22 bits per heavy atom. The molecule has 0 aliphatic carbocycles. The lowest BCUT2D eigenvalue weighted by Crippen LogP contribution is -2.20. The number of aliphatic carboxylic acids is 1. The highest BCUT2D eigenvalue weighted by Gasteiger charge is 2.19. The predicted octanol–water partition coefficient (Wildman–Crippen LogP) is 3.23. The summed E-state index contributed by atoms with van der Waals surface area (Å²) in [5.41, 5.74) is 2.66. The second-order valence-electron chi connectivity index (χ2n) is 4.19. The SMILES string of the molecule is Cc1ccc([C@H](Nc2ccccc2)C(=O)O)cc1. The first-order chi connectivity index (χ1) is 8.66. The second kappa shape index (κ2) is 5.36. The van der Waals surface area contributed by atoms with E-state index in [1.807, 2.05) is 61.5 Å². The van der Waals surface area contributed by atoms with E-state index in [4.69, 9.17) is 0 Å². The Kier molecular flexibility index (Phi) is 3.63. The zero-order valence-corrected chi connectivity index (χ0v) is 10.1. The second-order valence-corrected chi connectivity index (χ2v) is 4.19. The van der Waals surface area contributed by atoms with E-state index in [9.17, 15) is 9.90 Å². The largest absolute Gasteiger partial charge is 0.479 e. The van der Waals surface area contributed by atoms with Gasteiger partial charge < -0.3 is 10.4 Å². The number of aryl methyl sites for hydroxylation is 1. The number of hydrogen-bond donors (Lipinski definition) is 2. The molecule has 2 N–H and O–H groups in total. The standard InChI is InChI=1S/C15H15NO2/c1-11-7-9-12(10-8-11)14(15(17)18)16-13-5-3-2-4-6-13/h2-10,14,16H,1H3,(H,17,18)/t14-/m0/s1. The molecule has 0 aliphatic rings. The highest BCUT2D eigenvalue weighted by Crippen LogP contribution is 2.20. The molecule has 0 bridgehead atoms. The zero-order valence-electron chi connectivity index (χ0n) is 10.1. The lowest BCUT2D eigenvalue weighted by atomic mass is 10.0. The van der Waals surface area contributed by atoms with E-state index >= 15 is 0 Å². The summed E-state index contributed by atoms with van der Waals surface area (Å²) in [5.74, 6) is -0.886. The molecule has 0 radical (unpaired) electrons. The van der Waals surface area contributed by atoms with Gasteiger partial charge in [-0.1, -0.05) is 48.0 Å². The average molecular weight is 241 g/mol. The minimum atomic E-state index is -0.886. The maximum Gasteiger partial charge on any atom is 0.330 e. The molecule has 1 atom stereocenters. The quantitative estimate of drug-likeness (QED) is 0.864. The lowest BCUT2D eigenvalue weighted by molar-refractivity contribution is -0.138. The summed E-state index contributed by atoms with van der Waals surface area (Å²) in [6, 6.07) is 16.1. The molecule has 0 heterocycles. The predicted molar refractivity (Wildman–Crippen MR) is 71.6 cm³/mol. The van der Waals surface area contributed by atoms with Gasteiger partial charge in [0.1, 0.15) is 0 Å². The van der Waals surface area contributed by atoms with E-state index in [-0.39, 0.29) is 0 Å². The molecule has 18 heavy (non-hydrogen) atoms. The molecule has 0 saturated heterocycles. The van der Waals surface area contributed by atoms with Crippen molar-refractivity contribution in [3.8, 4) is 0 Å². The molecular weight excluding hydrogens is 226 g/mol. The molecule has 0 aromatic heterocycles. The first kappa shape index (κ1) is 12.2. The van der Waals surface area contributed by atoms with Crippen LogP contribution < -0.4 is 5.32 Å². The Morgan fingerprint density at radius 1 is 1.06 bits per heavy atom. The number of carbonyl (C=O) groups is 1. The smallest absolute Gasteiger partial charge is 0.330 e. The number of anilines is 1. The van der Waals surface area contributed by atoms with Crippen molar-refractivity contribution in [2.24, 2.45) is 0 Å². The van der Waals surface area contributed by atoms with Crippen LogP contribution in [-0.2, 0) is 4.79 Å². The Balaban J connectivity index is 2.24. The van der Waals surface area contributed by atoms with Crippen molar-refractivity contribution in [2.45, 2.75) is 13.0 Å². The molecular formula is C15H15NO2. The van der Waals surface area contributed by atoms with Gasteiger partial charge in [-0.3, -0.25) is 0 Å². The van der Waals surface area contributed by atoms with Gasteiger partial charge in [0.2, 0.25) is 0 Å². The summed E-state index contributed by atoms with van der Waals surface area (Å²) in [6.07, 6.45) is 0. The fraction of sp³-hybridized carbons (Fsp3) is 0.133. The van der Waals surface area contributed by atoms with E-state index in [1.165, 1.54) is 0 Å². The van der Waals surface area contributed by atoms with E-state index in [0.29, 0.717) is 0 Å². The third-order valence-electron chi connectivity index (χ3n) is 2.74. The highest BCUT2D eigenvalue weighted by atomic mass is 16.4. The topological polar surface area (TPSA) is 49.3 Å². The van der Waals surface area contributed by atoms with Gasteiger partial charge >= 0.3 is 5.97 Å². The van der Waals surface area contributed by atoms with Crippen LogP contribution >= 0.6 is 0 Å². The third kappa shape index (κ3) is 2.88. The zero-order chi connectivity index (χ0) is 13.0. The minimum absolute atomic E-state index is 0.729. The molecule has 3 heteroatoms. The van der Waals surface area contributed by atoms with Crippen molar-refractivity contribution >= 4 is 11.7 Å². The lowest BCUT2D eigenvalue weighted by Gasteiger charge is -2.16. The van der Waals surface area contributed by atoms with Crippen LogP contribution in [0.5, 0.6) is 0 Å². The number of carboxylic acid groups (broad SMARTS) is 1. The van der Waals surface area contributed by atoms with Crippen molar-refractivity contribution in [1.29, 1.82) is 0 Å². The van der Waals surface area contributed by atoms with Crippen LogP contribution in [0.15, 0.2) is 54.6 Å². The van der Waals surface area contributed by atoms with Gasteiger partial charge in [-0.15, -0.1) is 0 Å². The summed E-state index contributed by atoms with van der Waals surface area (Å²) in [7, 11) is 0. The van der Waals surface area contributed by atoms with Gasteiger partial charge in [-0.05, 0) is 24.6 Å². The van der Waals surface area contributed by atoms with E-state index in [0.717, 1.165) is 16.8 Å². The van der Waals surface area contributed by atoms with Crippen molar-refractivity contribution < 1.29 is 9.90 Å². The van der Waals surface area contributed by atoms with Gasteiger partial charge in [0, 0.05) is 5.69 Å². The summed E-state index contributed by atoms with van der Waals surface area (Å²) < 4.78 is 0.